The fraction of sp³-hybridized carbons (Fsp3) is 0.625. The van der Waals surface area contributed by atoms with Crippen molar-refractivity contribution < 1.29 is 61.2 Å². The van der Waals surface area contributed by atoms with Gasteiger partial charge in [0.2, 0.25) is 0 Å². The van der Waals surface area contributed by atoms with Crippen LogP contribution >= 0.6 is 0 Å². The molecule has 0 rings (SSSR count). The first-order chi connectivity index (χ1) is 11.0. The molecule has 0 amide bonds. The average Bonchev–Trinajstić information content (AvgIpc) is 2.38. The van der Waals surface area contributed by atoms with E-state index in [9.17, 15) is 19.8 Å². The van der Waals surface area contributed by atoms with Crippen LogP contribution in [0.5, 0.6) is 0 Å². The molecule has 0 aliphatic carbocycles. The number of carboxylic acids is 2. The van der Waals surface area contributed by atoms with Gasteiger partial charge < -0.3 is 39.5 Å². The number of carbonyl (C=O) groups excluding carboxylic acids is 2. The Morgan fingerprint density at radius 3 is 1.16 bits per heavy atom. The zero-order valence-corrected chi connectivity index (χ0v) is 17.3. The van der Waals surface area contributed by atoms with E-state index in [-0.39, 0.29) is 33.9 Å². The molecule has 2 N–H and O–H groups in total. The molecular formula is C16H30O8Ti. The summed E-state index contributed by atoms with van der Waals surface area (Å²) in [5, 5.41) is 35.3. The van der Waals surface area contributed by atoms with E-state index in [2.05, 4.69) is 9.47 Å². The number of aliphatic hydroxyl groups is 2. The summed E-state index contributed by atoms with van der Waals surface area (Å²) in [5.74, 6) is -2.48. The van der Waals surface area contributed by atoms with Crippen LogP contribution in [0.15, 0.2) is 24.7 Å². The number of carbonyl (C=O) groups is 2. The number of carboxylic acid groups (broad SMARTS) is 2. The third kappa shape index (κ3) is 129. The van der Waals surface area contributed by atoms with Gasteiger partial charge in [-0.05, 0) is 53.7 Å². The van der Waals surface area contributed by atoms with Gasteiger partial charge in [0.1, 0.15) is 0 Å². The predicted octanol–water partition coefficient (Wildman–Crippen LogP) is -0.655. The maximum Gasteiger partial charge on any atom is 2.00 e. The molecule has 0 aromatic rings. The molecule has 25 heavy (non-hydrogen) atoms. The SMILES string of the molecule is CC(C)O.CC(C)O.CCOC=CC(=O)[O-].CCOC=CC(=O)[O-].[Ti+2]. The second kappa shape index (κ2) is 30.5. The summed E-state index contributed by atoms with van der Waals surface area (Å²) < 4.78 is 9.09. The van der Waals surface area contributed by atoms with Crippen LogP contribution in [0, 0.1) is 0 Å². The number of hydrogen-bond acceptors (Lipinski definition) is 8. The predicted molar refractivity (Wildman–Crippen MR) is 86.3 cm³/mol. The molecule has 0 saturated heterocycles. The van der Waals surface area contributed by atoms with Gasteiger partial charge in [0.25, 0.3) is 0 Å². The van der Waals surface area contributed by atoms with Gasteiger partial charge in [-0.25, -0.2) is 0 Å². The number of hydrogen-bond donors (Lipinski definition) is 2. The van der Waals surface area contributed by atoms with Crippen LogP contribution in [0.25, 0.3) is 0 Å². The first-order valence-electron chi connectivity index (χ1n) is 7.35. The van der Waals surface area contributed by atoms with Crippen LogP contribution in [-0.4, -0.2) is 47.6 Å². The van der Waals surface area contributed by atoms with E-state index in [0.717, 1.165) is 24.7 Å². The van der Waals surface area contributed by atoms with Gasteiger partial charge in [0.05, 0.1) is 37.7 Å². The van der Waals surface area contributed by atoms with Crippen LogP contribution in [0.4, 0.5) is 0 Å². The molecule has 0 heterocycles. The molecule has 0 saturated carbocycles. The second-order valence-corrected chi connectivity index (χ2v) is 4.34. The Hall–Kier alpha value is -1.35. The average molecular weight is 398 g/mol. The van der Waals surface area contributed by atoms with Gasteiger partial charge in [0.15, 0.2) is 0 Å². The molecule has 0 aliphatic heterocycles. The summed E-state index contributed by atoms with van der Waals surface area (Å²) in [4.78, 5) is 19.2. The standard InChI is InChI=1S/2C5H8O3.2C3H8O.Ti/c2*1-2-8-4-3-5(6)7;2*1-3(2)4;/h2*3-4H,2H2,1H3,(H,6,7);2*3-4H,1-2H3;/q;;;;+2/p-2. The fourth-order valence-corrected chi connectivity index (χ4v) is 0.400. The van der Waals surface area contributed by atoms with Crippen molar-refractivity contribution in [3.05, 3.63) is 24.7 Å². The summed E-state index contributed by atoms with van der Waals surface area (Å²) in [5.41, 5.74) is 0. The molecule has 8 nitrogen and oxygen atoms in total. The Labute approximate surface area is 165 Å². The summed E-state index contributed by atoms with van der Waals surface area (Å²) in [6.07, 6.45) is 3.53. The summed E-state index contributed by atoms with van der Waals surface area (Å²) >= 11 is 0. The Bertz CT molecular complexity index is 291. The Balaban J connectivity index is -0.0000000739. The molecule has 146 valence electrons. The topological polar surface area (TPSA) is 139 Å². The van der Waals surface area contributed by atoms with Gasteiger partial charge in [0, 0.05) is 12.2 Å². The second-order valence-electron chi connectivity index (χ2n) is 4.34. The van der Waals surface area contributed by atoms with E-state index >= 15 is 0 Å². The third-order valence-electron chi connectivity index (χ3n) is 0.934. The maximum atomic E-state index is 9.60. The van der Waals surface area contributed by atoms with Crippen LogP contribution in [-0.2, 0) is 40.8 Å². The van der Waals surface area contributed by atoms with Gasteiger partial charge in [-0.1, -0.05) is 0 Å². The molecule has 0 atom stereocenters. The van der Waals surface area contributed by atoms with E-state index in [4.69, 9.17) is 10.2 Å². The molecule has 0 spiro atoms. The van der Waals surface area contributed by atoms with Crippen LogP contribution in [0.3, 0.4) is 0 Å². The van der Waals surface area contributed by atoms with Crippen LogP contribution < -0.4 is 10.2 Å². The largest absolute Gasteiger partial charge is 2.00 e. The smallest absolute Gasteiger partial charge is 0.545 e. The van der Waals surface area contributed by atoms with Crippen molar-refractivity contribution >= 4 is 11.9 Å². The van der Waals surface area contributed by atoms with Crippen molar-refractivity contribution in [3.63, 3.8) is 0 Å². The van der Waals surface area contributed by atoms with Crippen LogP contribution in [0.1, 0.15) is 41.5 Å². The van der Waals surface area contributed by atoms with E-state index in [0.29, 0.717) is 13.2 Å². The molecule has 0 aliphatic rings. The quantitative estimate of drug-likeness (QED) is 0.342. The fourth-order valence-electron chi connectivity index (χ4n) is 0.400. The number of aliphatic hydroxyl groups excluding tert-OH is 2. The van der Waals surface area contributed by atoms with E-state index in [1.807, 2.05) is 0 Å². The minimum absolute atomic E-state index is 0. The van der Waals surface area contributed by atoms with E-state index < -0.39 is 11.9 Å². The Morgan fingerprint density at radius 2 is 1.04 bits per heavy atom. The van der Waals surface area contributed by atoms with Crippen molar-refractivity contribution in [1.29, 1.82) is 0 Å². The number of rotatable bonds is 6. The van der Waals surface area contributed by atoms with Gasteiger partial charge in [-0.2, -0.15) is 0 Å². The van der Waals surface area contributed by atoms with Gasteiger partial charge in [-0.15, -0.1) is 0 Å². The normalized spacial score (nSPS) is 9.04. The molecule has 0 fully saturated rings. The minimum Gasteiger partial charge on any atom is -0.545 e. The number of ether oxygens (including phenoxy) is 2. The first-order valence-corrected chi connectivity index (χ1v) is 7.35. The molecule has 0 aromatic heterocycles. The molecule has 0 unspecified atom stereocenters. The van der Waals surface area contributed by atoms with Crippen molar-refractivity contribution in [3.8, 4) is 0 Å². The summed E-state index contributed by atoms with van der Waals surface area (Å²) in [7, 11) is 0. The molecule has 0 aromatic carbocycles. The van der Waals surface area contributed by atoms with Crippen molar-refractivity contribution in [2.24, 2.45) is 0 Å². The van der Waals surface area contributed by atoms with E-state index in [1.165, 1.54) is 0 Å². The Morgan fingerprint density at radius 1 is 0.840 bits per heavy atom. The zero-order valence-electron chi connectivity index (χ0n) is 15.7. The number of aliphatic carboxylic acids is 2. The van der Waals surface area contributed by atoms with Crippen LogP contribution in [0.2, 0.25) is 0 Å². The third-order valence-corrected chi connectivity index (χ3v) is 0.934. The minimum atomic E-state index is -1.24. The summed E-state index contributed by atoms with van der Waals surface area (Å²) in [6, 6.07) is 0. The van der Waals surface area contributed by atoms with E-state index in [1.54, 1.807) is 41.5 Å². The monoisotopic (exact) mass is 398 g/mol. The summed E-state index contributed by atoms with van der Waals surface area (Å²) in [6.45, 7) is 11.4. The van der Waals surface area contributed by atoms with Crippen molar-refractivity contribution in [1.82, 2.24) is 0 Å². The van der Waals surface area contributed by atoms with Gasteiger partial charge in [-0.3, -0.25) is 0 Å². The van der Waals surface area contributed by atoms with Gasteiger partial charge >= 0.3 is 21.7 Å². The first kappa shape index (κ1) is 34.9. The molecule has 9 heteroatoms. The molecule has 0 radical (unpaired) electrons. The maximum absolute atomic E-state index is 9.60. The molecular weight excluding hydrogens is 368 g/mol. The van der Waals surface area contributed by atoms with Crippen molar-refractivity contribution in [2.75, 3.05) is 13.2 Å². The van der Waals surface area contributed by atoms with Crippen molar-refractivity contribution in [2.45, 2.75) is 53.8 Å². The Kier molecular flexibility index (Phi) is 42.6. The molecule has 0 bridgehead atoms. The zero-order chi connectivity index (χ0) is 20.0.